The highest BCUT2D eigenvalue weighted by Gasteiger charge is 2.45. The Hall–Kier alpha value is -0.640. The fourth-order valence-corrected chi connectivity index (χ4v) is 3.57. The van der Waals surface area contributed by atoms with Crippen molar-refractivity contribution in [1.29, 1.82) is 0 Å². The molecular formula is C16H28N2OS. The highest BCUT2D eigenvalue weighted by molar-refractivity contribution is 7.80. The van der Waals surface area contributed by atoms with Crippen molar-refractivity contribution < 1.29 is 4.79 Å². The Bertz CT molecular complexity index is 369. The third kappa shape index (κ3) is 3.33. The third-order valence-corrected chi connectivity index (χ3v) is 5.26. The molecule has 2 saturated carbocycles. The Kier molecular flexibility index (Phi) is 5.05. The van der Waals surface area contributed by atoms with Gasteiger partial charge in [-0.25, -0.2) is 0 Å². The minimum absolute atomic E-state index is 0.203. The molecule has 3 nitrogen and oxygen atoms in total. The lowest BCUT2D eigenvalue weighted by Crippen LogP contribution is -2.53. The van der Waals surface area contributed by atoms with E-state index in [1.165, 1.54) is 25.7 Å². The van der Waals surface area contributed by atoms with Gasteiger partial charge >= 0.3 is 0 Å². The number of thiocarbonyl (C=S) groups is 1. The second kappa shape index (κ2) is 6.42. The fraction of sp³-hybridized carbons (Fsp3) is 0.875. The van der Waals surface area contributed by atoms with Gasteiger partial charge in [-0.15, -0.1) is 0 Å². The van der Waals surface area contributed by atoms with E-state index in [1.54, 1.807) is 0 Å². The molecule has 4 heteroatoms. The first kappa shape index (κ1) is 15.7. The molecule has 0 aliphatic heterocycles. The quantitative estimate of drug-likeness (QED) is 0.625. The molecule has 0 radical (unpaired) electrons. The standard InChI is InChI=1S/C16H28N2OS/c1-12(2)18(11-13-7-8-13)15(19)16(14(17)20)9-5-3-4-6-10-16/h12-13H,3-11H2,1-2H3,(H2,17,20). The zero-order valence-electron chi connectivity index (χ0n) is 12.9. The number of hydrogen-bond donors (Lipinski definition) is 1. The monoisotopic (exact) mass is 296 g/mol. The predicted octanol–water partition coefficient (Wildman–Crippen LogP) is 3.26. The van der Waals surface area contributed by atoms with E-state index in [1.807, 2.05) is 4.90 Å². The van der Waals surface area contributed by atoms with Crippen molar-refractivity contribution in [3.8, 4) is 0 Å². The number of nitrogens with two attached hydrogens (primary N) is 1. The minimum atomic E-state index is -0.564. The Balaban J connectivity index is 2.20. The van der Waals surface area contributed by atoms with Crippen LogP contribution < -0.4 is 5.73 Å². The summed E-state index contributed by atoms with van der Waals surface area (Å²) in [7, 11) is 0. The maximum atomic E-state index is 13.2. The lowest BCUT2D eigenvalue weighted by atomic mass is 9.78. The molecular weight excluding hydrogens is 268 g/mol. The van der Waals surface area contributed by atoms with Crippen molar-refractivity contribution in [2.75, 3.05) is 6.54 Å². The molecule has 0 aromatic carbocycles. The van der Waals surface area contributed by atoms with E-state index >= 15 is 0 Å². The Morgan fingerprint density at radius 1 is 1.25 bits per heavy atom. The lowest BCUT2D eigenvalue weighted by molar-refractivity contribution is -0.141. The number of nitrogens with zero attached hydrogens (tertiary/aromatic N) is 1. The van der Waals surface area contributed by atoms with Gasteiger partial charge in [-0.1, -0.05) is 37.9 Å². The number of carbonyl (C=O) groups is 1. The van der Waals surface area contributed by atoms with Crippen LogP contribution in [0, 0.1) is 11.3 Å². The van der Waals surface area contributed by atoms with Gasteiger partial charge in [0.1, 0.15) is 0 Å². The smallest absolute Gasteiger partial charge is 0.235 e. The van der Waals surface area contributed by atoms with Gasteiger partial charge in [-0.3, -0.25) is 4.79 Å². The van der Waals surface area contributed by atoms with Crippen molar-refractivity contribution >= 4 is 23.1 Å². The zero-order valence-corrected chi connectivity index (χ0v) is 13.7. The lowest BCUT2D eigenvalue weighted by Gasteiger charge is -2.38. The maximum absolute atomic E-state index is 13.2. The Labute approximate surface area is 128 Å². The van der Waals surface area contributed by atoms with Crippen molar-refractivity contribution in [3.05, 3.63) is 0 Å². The van der Waals surface area contributed by atoms with Crippen molar-refractivity contribution in [1.82, 2.24) is 4.90 Å². The highest BCUT2D eigenvalue weighted by Crippen LogP contribution is 2.39. The first-order valence-electron chi connectivity index (χ1n) is 8.08. The maximum Gasteiger partial charge on any atom is 0.235 e. The topological polar surface area (TPSA) is 46.3 Å². The van der Waals surface area contributed by atoms with Crippen LogP contribution in [0.3, 0.4) is 0 Å². The van der Waals surface area contributed by atoms with Crippen molar-refractivity contribution in [2.24, 2.45) is 17.1 Å². The molecule has 2 fully saturated rings. The molecule has 114 valence electrons. The number of hydrogen-bond acceptors (Lipinski definition) is 2. The average Bonchev–Trinajstić information content (AvgIpc) is 3.21. The molecule has 0 aromatic rings. The molecule has 2 aliphatic rings. The van der Waals surface area contributed by atoms with Crippen LogP contribution in [0.15, 0.2) is 0 Å². The highest BCUT2D eigenvalue weighted by atomic mass is 32.1. The van der Waals surface area contributed by atoms with Crippen LogP contribution in [0.5, 0.6) is 0 Å². The van der Waals surface area contributed by atoms with Crippen LogP contribution in [0.1, 0.15) is 65.2 Å². The summed E-state index contributed by atoms with van der Waals surface area (Å²) in [4.78, 5) is 15.6. The van der Waals surface area contributed by atoms with Crippen LogP contribution in [0.4, 0.5) is 0 Å². The molecule has 0 spiro atoms. The SMILES string of the molecule is CC(C)N(CC1CC1)C(=O)C1(C(N)=S)CCCCCC1. The van der Waals surface area contributed by atoms with E-state index in [2.05, 4.69) is 13.8 Å². The van der Waals surface area contributed by atoms with Crippen LogP contribution in [-0.2, 0) is 4.79 Å². The molecule has 0 saturated heterocycles. The van der Waals surface area contributed by atoms with Gasteiger partial charge in [0.15, 0.2) is 0 Å². The zero-order chi connectivity index (χ0) is 14.8. The Morgan fingerprint density at radius 3 is 2.20 bits per heavy atom. The summed E-state index contributed by atoms with van der Waals surface area (Å²) < 4.78 is 0. The summed E-state index contributed by atoms with van der Waals surface area (Å²) in [5.74, 6) is 0.907. The molecule has 2 aliphatic carbocycles. The van der Waals surface area contributed by atoms with Crippen LogP contribution in [0.2, 0.25) is 0 Å². The second-order valence-electron chi connectivity index (χ2n) is 6.86. The van der Waals surface area contributed by atoms with E-state index in [-0.39, 0.29) is 11.9 Å². The van der Waals surface area contributed by atoms with Gasteiger partial charge in [0.25, 0.3) is 0 Å². The summed E-state index contributed by atoms with van der Waals surface area (Å²) in [6.45, 7) is 5.09. The molecule has 0 bridgehead atoms. The second-order valence-corrected chi connectivity index (χ2v) is 7.30. The normalized spacial score (nSPS) is 22.4. The van der Waals surface area contributed by atoms with Gasteiger partial charge in [-0.2, -0.15) is 0 Å². The molecule has 0 heterocycles. The molecule has 0 unspecified atom stereocenters. The largest absolute Gasteiger partial charge is 0.392 e. The van der Waals surface area contributed by atoms with Gasteiger partial charge in [-0.05, 0) is 45.4 Å². The van der Waals surface area contributed by atoms with Crippen LogP contribution in [0.25, 0.3) is 0 Å². The van der Waals surface area contributed by atoms with Crippen molar-refractivity contribution in [3.63, 3.8) is 0 Å². The molecule has 1 amide bonds. The molecule has 2 N–H and O–H groups in total. The summed E-state index contributed by atoms with van der Waals surface area (Å²) in [5, 5.41) is 0. The number of rotatable bonds is 5. The van der Waals surface area contributed by atoms with Crippen LogP contribution >= 0.6 is 12.2 Å². The number of carbonyl (C=O) groups excluding carboxylic acids is 1. The first-order chi connectivity index (χ1) is 9.47. The summed E-state index contributed by atoms with van der Waals surface area (Å²) in [5.41, 5.74) is 5.48. The molecule has 0 aromatic heterocycles. The average molecular weight is 296 g/mol. The molecule has 2 rings (SSSR count). The fourth-order valence-electron chi connectivity index (χ4n) is 3.28. The minimum Gasteiger partial charge on any atom is -0.392 e. The molecule has 20 heavy (non-hydrogen) atoms. The van der Waals surface area contributed by atoms with Gasteiger partial charge in [0, 0.05) is 12.6 Å². The first-order valence-corrected chi connectivity index (χ1v) is 8.49. The van der Waals surface area contributed by atoms with E-state index in [0.29, 0.717) is 10.9 Å². The van der Waals surface area contributed by atoms with E-state index in [9.17, 15) is 4.79 Å². The van der Waals surface area contributed by atoms with Gasteiger partial charge in [0.2, 0.25) is 5.91 Å². The summed E-state index contributed by atoms with van der Waals surface area (Å²) >= 11 is 5.33. The molecule has 0 atom stereocenters. The van der Waals surface area contributed by atoms with E-state index in [0.717, 1.165) is 32.2 Å². The Morgan fingerprint density at radius 2 is 1.80 bits per heavy atom. The third-order valence-electron chi connectivity index (χ3n) is 4.87. The summed E-state index contributed by atoms with van der Waals surface area (Å²) in [6, 6.07) is 0.234. The van der Waals surface area contributed by atoms with Gasteiger partial charge in [0.05, 0.1) is 10.4 Å². The van der Waals surface area contributed by atoms with Gasteiger partial charge < -0.3 is 10.6 Å². The van der Waals surface area contributed by atoms with E-state index in [4.69, 9.17) is 18.0 Å². The van der Waals surface area contributed by atoms with E-state index < -0.39 is 5.41 Å². The summed E-state index contributed by atoms with van der Waals surface area (Å²) in [6.07, 6.45) is 8.73. The predicted molar refractivity (Wildman–Crippen MR) is 86.5 cm³/mol. The number of amides is 1. The van der Waals surface area contributed by atoms with Crippen LogP contribution in [-0.4, -0.2) is 28.4 Å². The van der Waals surface area contributed by atoms with Crippen molar-refractivity contribution in [2.45, 2.75) is 71.3 Å².